The molecule has 1 amide bonds. The maximum absolute atomic E-state index is 12.3. The number of amides is 1. The number of carboxylic acid groups (broad SMARTS) is 1. The van der Waals surface area contributed by atoms with Gasteiger partial charge in [0.2, 0.25) is 5.91 Å². The summed E-state index contributed by atoms with van der Waals surface area (Å²) in [4.78, 5) is 25.1. The van der Waals surface area contributed by atoms with Crippen LogP contribution in [0.3, 0.4) is 0 Å². The molecule has 0 heterocycles. The molecule has 0 aromatic heterocycles. The van der Waals surface area contributed by atoms with Crippen LogP contribution in [0.4, 0.5) is 0 Å². The molecule has 1 atom stereocenters. The third-order valence-corrected chi connectivity index (χ3v) is 4.18. The molecule has 0 spiro atoms. The zero-order chi connectivity index (χ0) is 16.4. The van der Waals surface area contributed by atoms with Crippen LogP contribution in [0.25, 0.3) is 6.08 Å². The molecule has 0 aliphatic heterocycles. The van der Waals surface area contributed by atoms with E-state index in [2.05, 4.69) is 0 Å². The van der Waals surface area contributed by atoms with E-state index in [0.717, 1.165) is 18.4 Å². The van der Waals surface area contributed by atoms with E-state index in [4.69, 9.17) is 5.11 Å². The van der Waals surface area contributed by atoms with Gasteiger partial charge >= 0.3 is 5.97 Å². The van der Waals surface area contributed by atoms with Crippen LogP contribution in [0.5, 0.6) is 0 Å². The maximum atomic E-state index is 12.3. The van der Waals surface area contributed by atoms with E-state index < -0.39 is 11.2 Å². The number of aliphatic carboxylic acids is 1. The lowest BCUT2D eigenvalue weighted by atomic mass is 10.2. The summed E-state index contributed by atoms with van der Waals surface area (Å²) in [6.07, 6.45) is 6.86. The summed E-state index contributed by atoms with van der Waals surface area (Å²) in [6.45, 7) is 2.86. The Balaban J connectivity index is 2.75. The summed E-state index contributed by atoms with van der Waals surface area (Å²) in [7, 11) is 0. The number of rotatable bonds is 9. The fourth-order valence-corrected chi connectivity index (χ4v) is 2.46. The van der Waals surface area contributed by atoms with Crippen molar-refractivity contribution in [2.45, 2.75) is 25.0 Å². The second-order valence-corrected chi connectivity index (χ2v) is 5.98. The van der Waals surface area contributed by atoms with E-state index in [1.165, 1.54) is 17.8 Å². The first kappa shape index (κ1) is 18.3. The topological polar surface area (TPSA) is 57.6 Å². The first-order valence-corrected chi connectivity index (χ1v) is 8.65. The SMILES string of the molecule is CCCCN(CC(SC)C(=O)O)C(=O)C=Cc1ccccc1. The van der Waals surface area contributed by atoms with Gasteiger partial charge in [0.25, 0.3) is 0 Å². The number of carboxylic acids is 1. The van der Waals surface area contributed by atoms with Crippen molar-refractivity contribution < 1.29 is 14.7 Å². The highest BCUT2D eigenvalue weighted by Crippen LogP contribution is 2.11. The predicted molar refractivity (Wildman–Crippen MR) is 91.9 cm³/mol. The van der Waals surface area contributed by atoms with E-state index in [0.29, 0.717) is 6.54 Å². The maximum Gasteiger partial charge on any atom is 0.318 e. The number of carbonyl (C=O) groups is 2. The molecule has 0 bridgehead atoms. The number of nitrogens with zero attached hydrogens (tertiary/aromatic N) is 1. The normalized spacial score (nSPS) is 12.3. The van der Waals surface area contributed by atoms with Crippen molar-refractivity contribution in [3.63, 3.8) is 0 Å². The van der Waals surface area contributed by atoms with Crippen LogP contribution in [0.2, 0.25) is 0 Å². The second kappa shape index (κ2) is 10.1. The molecular formula is C17H23NO3S. The summed E-state index contributed by atoms with van der Waals surface area (Å²) in [6, 6.07) is 9.58. The largest absolute Gasteiger partial charge is 0.480 e. The average molecular weight is 321 g/mol. The number of unbranched alkanes of at least 4 members (excludes halogenated alkanes) is 1. The Morgan fingerprint density at radius 2 is 2.00 bits per heavy atom. The first-order chi connectivity index (χ1) is 10.6. The summed E-state index contributed by atoms with van der Waals surface area (Å²) in [5, 5.41) is 8.57. The third-order valence-electron chi connectivity index (χ3n) is 3.26. The number of thioether (sulfide) groups is 1. The van der Waals surface area contributed by atoms with Gasteiger partial charge < -0.3 is 10.0 Å². The van der Waals surface area contributed by atoms with E-state index in [9.17, 15) is 9.59 Å². The highest BCUT2D eigenvalue weighted by atomic mass is 32.2. The van der Waals surface area contributed by atoms with Crippen molar-refractivity contribution in [3.8, 4) is 0 Å². The Bertz CT molecular complexity index is 502. The Morgan fingerprint density at radius 3 is 2.55 bits per heavy atom. The van der Waals surface area contributed by atoms with Crippen molar-refractivity contribution in [1.82, 2.24) is 4.90 Å². The number of benzene rings is 1. The quantitative estimate of drug-likeness (QED) is 0.710. The van der Waals surface area contributed by atoms with E-state index >= 15 is 0 Å². The van der Waals surface area contributed by atoms with Gasteiger partial charge in [-0.15, -0.1) is 11.8 Å². The predicted octanol–water partition coefficient (Wildman–Crippen LogP) is 3.14. The van der Waals surface area contributed by atoms with Crippen LogP contribution in [0, 0.1) is 0 Å². The van der Waals surface area contributed by atoms with Gasteiger partial charge in [-0.1, -0.05) is 43.7 Å². The highest BCUT2D eigenvalue weighted by Gasteiger charge is 2.21. The number of hydrogen-bond donors (Lipinski definition) is 1. The summed E-state index contributed by atoms with van der Waals surface area (Å²) in [5.41, 5.74) is 0.950. The van der Waals surface area contributed by atoms with Gasteiger partial charge in [0.15, 0.2) is 0 Å². The molecule has 22 heavy (non-hydrogen) atoms. The molecule has 0 saturated heterocycles. The molecule has 1 rings (SSSR count). The van der Waals surface area contributed by atoms with Crippen molar-refractivity contribution in [1.29, 1.82) is 0 Å². The fourth-order valence-electron chi connectivity index (χ4n) is 1.93. The molecule has 0 aliphatic rings. The zero-order valence-electron chi connectivity index (χ0n) is 13.1. The minimum Gasteiger partial charge on any atom is -0.480 e. The minimum absolute atomic E-state index is 0.141. The summed E-state index contributed by atoms with van der Waals surface area (Å²) < 4.78 is 0. The smallest absolute Gasteiger partial charge is 0.318 e. The molecule has 0 aliphatic carbocycles. The average Bonchev–Trinajstić information content (AvgIpc) is 2.53. The van der Waals surface area contributed by atoms with Crippen LogP contribution in [-0.2, 0) is 9.59 Å². The molecule has 1 aromatic carbocycles. The fraction of sp³-hybridized carbons (Fsp3) is 0.412. The van der Waals surface area contributed by atoms with Crippen LogP contribution in [0.1, 0.15) is 25.3 Å². The van der Waals surface area contributed by atoms with Gasteiger partial charge in [-0.2, -0.15) is 0 Å². The van der Waals surface area contributed by atoms with Crippen LogP contribution in [0.15, 0.2) is 36.4 Å². The lowest BCUT2D eigenvalue weighted by molar-refractivity contribution is -0.137. The molecule has 1 aromatic rings. The van der Waals surface area contributed by atoms with E-state index in [1.54, 1.807) is 17.2 Å². The van der Waals surface area contributed by atoms with Crippen LogP contribution < -0.4 is 0 Å². The summed E-state index contributed by atoms with van der Waals surface area (Å²) >= 11 is 1.25. The Labute approximate surface area is 136 Å². The lowest BCUT2D eigenvalue weighted by Gasteiger charge is -2.24. The van der Waals surface area contributed by atoms with Gasteiger partial charge in [-0.05, 0) is 24.3 Å². The van der Waals surface area contributed by atoms with Gasteiger partial charge in [0.1, 0.15) is 5.25 Å². The van der Waals surface area contributed by atoms with Gasteiger partial charge in [0, 0.05) is 19.2 Å². The molecular weight excluding hydrogens is 298 g/mol. The Morgan fingerprint density at radius 1 is 1.32 bits per heavy atom. The summed E-state index contributed by atoms with van der Waals surface area (Å²) in [5.74, 6) is -1.02. The van der Waals surface area contributed by atoms with Crippen LogP contribution >= 0.6 is 11.8 Å². The third kappa shape index (κ3) is 6.35. The van der Waals surface area contributed by atoms with Gasteiger partial charge in [-0.3, -0.25) is 9.59 Å². The monoisotopic (exact) mass is 321 g/mol. The molecule has 5 heteroatoms. The molecule has 1 N–H and O–H groups in total. The Hall–Kier alpha value is -1.75. The molecule has 4 nitrogen and oxygen atoms in total. The molecule has 120 valence electrons. The van der Waals surface area contributed by atoms with Crippen molar-refractivity contribution >= 4 is 29.7 Å². The van der Waals surface area contributed by atoms with Crippen molar-refractivity contribution in [2.75, 3.05) is 19.3 Å². The standard InChI is InChI=1S/C17H23NO3S/c1-3-4-12-18(13-15(22-2)17(20)21)16(19)11-10-14-8-6-5-7-9-14/h5-11,15H,3-4,12-13H2,1-2H3,(H,20,21). The van der Waals surface area contributed by atoms with Gasteiger partial charge in [0.05, 0.1) is 0 Å². The minimum atomic E-state index is -0.881. The molecule has 0 saturated carbocycles. The van der Waals surface area contributed by atoms with Crippen molar-refractivity contribution in [2.24, 2.45) is 0 Å². The lowest BCUT2D eigenvalue weighted by Crippen LogP contribution is -2.39. The van der Waals surface area contributed by atoms with Crippen LogP contribution in [-0.4, -0.2) is 46.5 Å². The first-order valence-electron chi connectivity index (χ1n) is 7.36. The zero-order valence-corrected chi connectivity index (χ0v) is 13.9. The van der Waals surface area contributed by atoms with Crippen molar-refractivity contribution in [3.05, 3.63) is 42.0 Å². The van der Waals surface area contributed by atoms with Gasteiger partial charge in [-0.25, -0.2) is 0 Å². The second-order valence-electron chi connectivity index (χ2n) is 4.94. The molecule has 0 fully saturated rings. The van der Waals surface area contributed by atoms with E-state index in [1.807, 2.05) is 37.3 Å². The Kier molecular flexibility index (Phi) is 8.36. The number of carbonyl (C=O) groups excluding carboxylic acids is 1. The highest BCUT2D eigenvalue weighted by molar-refractivity contribution is 7.99. The number of hydrogen-bond acceptors (Lipinski definition) is 3. The molecule has 1 unspecified atom stereocenters. The molecule has 0 radical (unpaired) electrons. The van der Waals surface area contributed by atoms with E-state index in [-0.39, 0.29) is 12.5 Å².